The van der Waals surface area contributed by atoms with E-state index >= 15 is 0 Å². The van der Waals surface area contributed by atoms with Gasteiger partial charge in [0.05, 0.1) is 0 Å². The SMILES string of the molecule is O=C(CCC1CCC[N]C1)N1CCC(CO)CC1. The largest absolute Gasteiger partial charge is 0.396 e. The zero-order valence-electron chi connectivity index (χ0n) is 11.2. The fourth-order valence-corrected chi connectivity index (χ4v) is 2.94. The van der Waals surface area contributed by atoms with Crippen LogP contribution in [0.5, 0.6) is 0 Å². The molecule has 2 heterocycles. The van der Waals surface area contributed by atoms with E-state index in [1.165, 1.54) is 12.8 Å². The Balaban J connectivity index is 1.65. The molecule has 4 nitrogen and oxygen atoms in total. The summed E-state index contributed by atoms with van der Waals surface area (Å²) < 4.78 is 0. The molecule has 2 fully saturated rings. The number of nitrogens with zero attached hydrogens (tertiary/aromatic N) is 2. The second-order valence-electron chi connectivity index (χ2n) is 5.68. The van der Waals surface area contributed by atoms with Crippen LogP contribution in [-0.4, -0.2) is 48.7 Å². The predicted octanol–water partition coefficient (Wildman–Crippen LogP) is 1.01. The van der Waals surface area contributed by atoms with E-state index in [0.29, 0.717) is 24.2 Å². The third-order valence-electron chi connectivity index (χ3n) is 4.31. The number of aliphatic hydroxyl groups is 1. The number of hydrogen-bond donors (Lipinski definition) is 1. The predicted molar refractivity (Wildman–Crippen MR) is 70.2 cm³/mol. The van der Waals surface area contributed by atoms with E-state index in [9.17, 15) is 4.79 Å². The molecule has 1 unspecified atom stereocenters. The van der Waals surface area contributed by atoms with E-state index in [1.807, 2.05) is 4.90 Å². The first-order valence-corrected chi connectivity index (χ1v) is 7.31. The summed E-state index contributed by atoms with van der Waals surface area (Å²) >= 11 is 0. The fraction of sp³-hybridized carbons (Fsp3) is 0.929. The normalized spacial score (nSPS) is 26.3. The van der Waals surface area contributed by atoms with Crippen LogP contribution in [0, 0.1) is 11.8 Å². The van der Waals surface area contributed by atoms with Crippen LogP contribution in [0.2, 0.25) is 0 Å². The van der Waals surface area contributed by atoms with Gasteiger partial charge in [-0.25, -0.2) is 5.32 Å². The Morgan fingerprint density at radius 1 is 1.22 bits per heavy atom. The van der Waals surface area contributed by atoms with E-state index in [2.05, 4.69) is 5.32 Å². The first kappa shape index (κ1) is 13.8. The van der Waals surface area contributed by atoms with Crippen molar-refractivity contribution in [3.8, 4) is 0 Å². The summed E-state index contributed by atoms with van der Waals surface area (Å²) in [5.74, 6) is 1.35. The molecule has 2 aliphatic rings. The van der Waals surface area contributed by atoms with E-state index in [1.54, 1.807) is 0 Å². The van der Waals surface area contributed by atoms with Gasteiger partial charge in [-0.05, 0) is 43.9 Å². The smallest absolute Gasteiger partial charge is 0.222 e. The molecule has 0 aromatic heterocycles. The lowest BCUT2D eigenvalue weighted by Gasteiger charge is -2.31. The molecule has 2 rings (SSSR count). The Kier molecular flexibility index (Phi) is 5.45. The molecular weight excluding hydrogens is 228 g/mol. The van der Waals surface area contributed by atoms with Crippen LogP contribution in [0.25, 0.3) is 0 Å². The van der Waals surface area contributed by atoms with E-state index in [0.717, 1.165) is 45.4 Å². The van der Waals surface area contributed by atoms with Crippen LogP contribution in [0.3, 0.4) is 0 Å². The van der Waals surface area contributed by atoms with Crippen molar-refractivity contribution >= 4 is 5.91 Å². The summed E-state index contributed by atoms with van der Waals surface area (Å²) in [6.07, 6.45) is 6.04. The summed E-state index contributed by atoms with van der Waals surface area (Å²) in [7, 11) is 0. The van der Waals surface area contributed by atoms with Gasteiger partial charge in [-0.1, -0.05) is 0 Å². The number of carbonyl (C=O) groups is 1. The van der Waals surface area contributed by atoms with Crippen LogP contribution >= 0.6 is 0 Å². The molecular formula is C14H25N2O2. The van der Waals surface area contributed by atoms with Crippen molar-refractivity contribution in [2.75, 3.05) is 32.8 Å². The van der Waals surface area contributed by atoms with E-state index in [4.69, 9.17) is 5.11 Å². The average molecular weight is 253 g/mol. The molecule has 0 saturated carbocycles. The highest BCUT2D eigenvalue weighted by molar-refractivity contribution is 5.76. The zero-order valence-corrected chi connectivity index (χ0v) is 11.2. The molecule has 103 valence electrons. The second kappa shape index (κ2) is 7.10. The maximum Gasteiger partial charge on any atom is 0.222 e. The van der Waals surface area contributed by atoms with Crippen molar-refractivity contribution in [3.63, 3.8) is 0 Å². The summed E-state index contributed by atoms with van der Waals surface area (Å²) in [6, 6.07) is 0. The molecule has 0 aromatic carbocycles. The van der Waals surface area contributed by atoms with Gasteiger partial charge in [-0.3, -0.25) is 4.79 Å². The maximum atomic E-state index is 12.1. The Hall–Kier alpha value is -0.610. The Bertz CT molecular complexity index is 257. The summed E-state index contributed by atoms with van der Waals surface area (Å²) in [5, 5.41) is 13.5. The molecule has 0 spiro atoms. The van der Waals surface area contributed by atoms with Gasteiger partial charge >= 0.3 is 0 Å². The van der Waals surface area contributed by atoms with Crippen LogP contribution in [0.4, 0.5) is 0 Å². The number of hydrogen-bond acceptors (Lipinski definition) is 2. The third-order valence-corrected chi connectivity index (χ3v) is 4.31. The molecule has 0 bridgehead atoms. The lowest BCUT2D eigenvalue weighted by atomic mass is 9.93. The van der Waals surface area contributed by atoms with Gasteiger partial charge < -0.3 is 10.0 Å². The van der Waals surface area contributed by atoms with Gasteiger partial charge in [0.15, 0.2) is 0 Å². The highest BCUT2D eigenvalue weighted by Gasteiger charge is 2.23. The Morgan fingerprint density at radius 2 is 2.00 bits per heavy atom. The van der Waals surface area contributed by atoms with E-state index < -0.39 is 0 Å². The third kappa shape index (κ3) is 3.95. The molecule has 0 aromatic rings. The number of carbonyl (C=O) groups excluding carboxylic acids is 1. The maximum absolute atomic E-state index is 12.1. The quantitative estimate of drug-likeness (QED) is 0.813. The fourth-order valence-electron chi connectivity index (χ4n) is 2.94. The molecule has 1 N–H and O–H groups in total. The van der Waals surface area contributed by atoms with Crippen molar-refractivity contribution in [2.24, 2.45) is 11.8 Å². The standard InChI is InChI=1S/C14H25N2O2/c17-11-13-5-8-16(9-6-13)14(18)4-3-12-2-1-7-15-10-12/h12-13,17H,1-11H2. The van der Waals surface area contributed by atoms with Crippen molar-refractivity contribution in [1.82, 2.24) is 10.2 Å². The van der Waals surface area contributed by atoms with Crippen LogP contribution in [-0.2, 0) is 4.79 Å². The molecule has 2 aliphatic heterocycles. The van der Waals surface area contributed by atoms with Gasteiger partial charge in [-0.2, -0.15) is 0 Å². The van der Waals surface area contributed by atoms with Gasteiger partial charge in [0.25, 0.3) is 0 Å². The molecule has 18 heavy (non-hydrogen) atoms. The Labute approximate surface area is 110 Å². The van der Waals surface area contributed by atoms with Gasteiger partial charge in [0.2, 0.25) is 5.91 Å². The number of amides is 1. The molecule has 4 heteroatoms. The topological polar surface area (TPSA) is 54.6 Å². The molecule has 1 amide bonds. The minimum Gasteiger partial charge on any atom is -0.396 e. The van der Waals surface area contributed by atoms with Gasteiger partial charge in [-0.15, -0.1) is 0 Å². The average Bonchev–Trinajstić information content (AvgIpc) is 2.46. The second-order valence-corrected chi connectivity index (χ2v) is 5.68. The van der Waals surface area contributed by atoms with Gasteiger partial charge in [0, 0.05) is 39.2 Å². The lowest BCUT2D eigenvalue weighted by Crippen LogP contribution is -2.39. The van der Waals surface area contributed by atoms with Crippen molar-refractivity contribution in [3.05, 3.63) is 0 Å². The molecule has 1 atom stereocenters. The van der Waals surface area contributed by atoms with E-state index in [-0.39, 0.29) is 6.61 Å². The first-order chi connectivity index (χ1) is 8.79. The zero-order chi connectivity index (χ0) is 12.8. The number of aliphatic hydroxyl groups excluding tert-OH is 1. The minimum absolute atomic E-state index is 0.269. The van der Waals surface area contributed by atoms with Crippen molar-refractivity contribution in [1.29, 1.82) is 0 Å². The van der Waals surface area contributed by atoms with Gasteiger partial charge in [0.1, 0.15) is 0 Å². The van der Waals surface area contributed by atoms with Crippen molar-refractivity contribution < 1.29 is 9.90 Å². The minimum atomic E-state index is 0.269. The number of likely N-dealkylation sites (tertiary alicyclic amines) is 1. The summed E-state index contributed by atoms with van der Waals surface area (Å²) in [4.78, 5) is 14.0. The summed E-state index contributed by atoms with van der Waals surface area (Å²) in [5.41, 5.74) is 0. The Morgan fingerprint density at radius 3 is 2.61 bits per heavy atom. The lowest BCUT2D eigenvalue weighted by molar-refractivity contribution is -0.133. The monoisotopic (exact) mass is 253 g/mol. The first-order valence-electron chi connectivity index (χ1n) is 7.31. The molecule has 0 aliphatic carbocycles. The molecule has 2 saturated heterocycles. The van der Waals surface area contributed by atoms with Crippen LogP contribution in [0.1, 0.15) is 38.5 Å². The molecule has 1 radical (unpaired) electrons. The van der Waals surface area contributed by atoms with Crippen LogP contribution in [0.15, 0.2) is 0 Å². The summed E-state index contributed by atoms with van der Waals surface area (Å²) in [6.45, 7) is 3.91. The number of piperidine rings is 2. The number of rotatable bonds is 4. The van der Waals surface area contributed by atoms with Crippen molar-refractivity contribution in [2.45, 2.75) is 38.5 Å². The highest BCUT2D eigenvalue weighted by Crippen LogP contribution is 2.20. The van der Waals surface area contributed by atoms with Crippen LogP contribution < -0.4 is 5.32 Å². The highest BCUT2D eigenvalue weighted by atomic mass is 16.3.